The highest BCUT2D eigenvalue weighted by Gasteiger charge is 2.30. The summed E-state index contributed by atoms with van der Waals surface area (Å²) in [7, 11) is 2.89. The monoisotopic (exact) mass is 447 g/mol. The molecule has 0 atom stereocenters. The number of aryl methyl sites for hydroxylation is 3. The molecule has 0 fully saturated rings. The molecular weight excluding hydrogens is 418 g/mol. The topological polar surface area (TPSA) is 107 Å². The number of nitrogens with zero attached hydrogens (tertiary/aromatic N) is 4. The number of nitrogens with one attached hydrogen (secondary N) is 1. The average Bonchev–Trinajstić information content (AvgIpc) is 3.40. The summed E-state index contributed by atoms with van der Waals surface area (Å²) in [5, 5.41) is 18.8. The van der Waals surface area contributed by atoms with Crippen LogP contribution >= 0.6 is 0 Å². The maximum atomic E-state index is 12.8. The molecular formula is C21H29N5O4S. The summed E-state index contributed by atoms with van der Waals surface area (Å²) in [6.45, 7) is 0.520. The van der Waals surface area contributed by atoms with E-state index >= 15 is 0 Å². The van der Waals surface area contributed by atoms with Gasteiger partial charge in [0, 0.05) is 18.8 Å². The largest absolute Gasteiger partial charge is 0.741 e. The Hall–Kier alpha value is -2.43. The molecule has 0 unspecified atom stereocenters. The Labute approximate surface area is 182 Å². The van der Waals surface area contributed by atoms with E-state index in [0.29, 0.717) is 22.4 Å². The summed E-state index contributed by atoms with van der Waals surface area (Å²) in [4.78, 5) is 12.7. The minimum atomic E-state index is -4.62. The lowest BCUT2D eigenvalue weighted by molar-refractivity contribution is -0.884. The van der Waals surface area contributed by atoms with Crippen LogP contribution in [0.3, 0.4) is 0 Å². The highest BCUT2D eigenvalue weighted by atomic mass is 32.2. The fourth-order valence-corrected chi connectivity index (χ4v) is 5.50. The number of anilines is 1. The summed E-state index contributed by atoms with van der Waals surface area (Å²) >= 11 is 0. The van der Waals surface area contributed by atoms with Crippen LogP contribution in [0.1, 0.15) is 40.8 Å². The normalized spacial score (nSPS) is 15.6. The second kappa shape index (κ2) is 7.61. The van der Waals surface area contributed by atoms with E-state index in [1.165, 1.54) is 21.9 Å². The summed E-state index contributed by atoms with van der Waals surface area (Å²) in [6.07, 6.45) is 5.49. The van der Waals surface area contributed by atoms with Gasteiger partial charge in [-0.15, -0.1) is 0 Å². The molecule has 1 aromatic heterocycles. The van der Waals surface area contributed by atoms with E-state index in [0.717, 1.165) is 49.7 Å². The second-order valence-corrected chi connectivity index (χ2v) is 11.1. The maximum Gasteiger partial charge on any atom is 0.325 e. The molecule has 2 aliphatic carbocycles. The van der Waals surface area contributed by atoms with Gasteiger partial charge in [-0.1, -0.05) is 6.07 Å². The number of quaternary nitrogens is 1. The fourth-order valence-electron chi connectivity index (χ4n) is 4.55. The van der Waals surface area contributed by atoms with Crippen LogP contribution < -0.4 is 5.32 Å². The van der Waals surface area contributed by atoms with Gasteiger partial charge >= 0.3 is 6.03 Å². The Bertz CT molecular complexity index is 1120. The summed E-state index contributed by atoms with van der Waals surface area (Å²) in [6, 6.07) is 2.36. The maximum absolute atomic E-state index is 12.8. The number of hydrogen-bond donors (Lipinski definition) is 1. The number of hydrogen-bond acceptors (Lipinski definition) is 5. The minimum Gasteiger partial charge on any atom is -0.741 e. The van der Waals surface area contributed by atoms with Crippen LogP contribution in [0.25, 0.3) is 0 Å². The number of carbonyl (C=O) groups is 1. The van der Waals surface area contributed by atoms with Gasteiger partial charge in [0.2, 0.25) is 0 Å². The number of aromatic nitrogens is 2. The van der Waals surface area contributed by atoms with Gasteiger partial charge < -0.3 is 15.0 Å². The van der Waals surface area contributed by atoms with Crippen molar-refractivity contribution in [1.82, 2.24) is 14.2 Å². The Morgan fingerprint density at radius 1 is 1.13 bits per heavy atom. The van der Waals surface area contributed by atoms with Crippen LogP contribution in [0.4, 0.5) is 10.5 Å². The number of urea groups is 1. The smallest absolute Gasteiger partial charge is 0.325 e. The van der Waals surface area contributed by atoms with Gasteiger partial charge in [0.1, 0.15) is 6.54 Å². The molecule has 0 spiro atoms. The van der Waals surface area contributed by atoms with E-state index in [9.17, 15) is 18.4 Å². The second-order valence-electron chi connectivity index (χ2n) is 9.44. The minimum absolute atomic E-state index is 0.424. The molecule has 2 aliphatic rings. The molecule has 1 heterocycles. The molecule has 0 saturated carbocycles. The summed E-state index contributed by atoms with van der Waals surface area (Å²) < 4.78 is 27.2. The Morgan fingerprint density at radius 2 is 1.71 bits per heavy atom. The number of amides is 2. The van der Waals surface area contributed by atoms with Gasteiger partial charge in [-0.05, 0) is 60.8 Å². The van der Waals surface area contributed by atoms with E-state index < -0.39 is 25.5 Å². The Kier molecular flexibility index (Phi) is 5.35. The third kappa shape index (κ3) is 4.07. The zero-order valence-corrected chi connectivity index (χ0v) is 19.3. The first kappa shape index (κ1) is 21.8. The lowest BCUT2D eigenvalue weighted by Crippen LogP contribution is -2.36. The molecule has 1 N–H and O–H groups in total. The molecule has 0 saturated heterocycles. The van der Waals surface area contributed by atoms with Gasteiger partial charge in [-0.25, -0.2) is 4.79 Å². The van der Waals surface area contributed by atoms with Crippen molar-refractivity contribution in [2.75, 3.05) is 26.5 Å². The third-order valence-electron chi connectivity index (χ3n) is 5.94. The van der Waals surface area contributed by atoms with E-state index in [-0.39, 0.29) is 0 Å². The molecule has 0 bridgehead atoms. The van der Waals surface area contributed by atoms with Crippen molar-refractivity contribution in [3.05, 3.63) is 45.3 Å². The highest BCUT2D eigenvalue weighted by Crippen LogP contribution is 2.38. The quantitative estimate of drug-likeness (QED) is 0.559. The number of benzene rings is 1. The Balaban J connectivity index is 1.60. The number of rotatable bonds is 5. The number of carbonyl (C=O) groups excluding carboxylic acids is 1. The third-order valence-corrected chi connectivity index (χ3v) is 7.27. The highest BCUT2D eigenvalue weighted by molar-refractivity contribution is 7.89. The zero-order chi connectivity index (χ0) is 22.6. The molecule has 2 amide bonds. The lowest BCUT2D eigenvalue weighted by atomic mass is 9.99. The van der Waals surface area contributed by atoms with Crippen molar-refractivity contribution in [3.8, 4) is 0 Å². The van der Waals surface area contributed by atoms with Crippen LogP contribution in [-0.2, 0) is 49.3 Å². The molecule has 1 aromatic carbocycles. The van der Waals surface area contributed by atoms with E-state index in [2.05, 4.69) is 16.5 Å². The molecule has 0 radical (unpaired) electrons. The first-order valence-electron chi connectivity index (χ1n) is 10.5. The van der Waals surface area contributed by atoms with Crippen molar-refractivity contribution in [1.29, 1.82) is 0 Å². The first-order chi connectivity index (χ1) is 14.5. The van der Waals surface area contributed by atoms with Gasteiger partial charge in [-0.3, -0.25) is 9.15 Å². The van der Waals surface area contributed by atoms with Crippen molar-refractivity contribution in [2.24, 2.45) is 7.05 Å². The van der Waals surface area contributed by atoms with Crippen molar-refractivity contribution in [2.45, 2.75) is 50.1 Å². The SMILES string of the molecule is Cn1nc(S(=O)(=O)N([O-])C(=O)Nc2c3c(cc4c2CCC4)CCC3)cc1C[N+](C)(C)C. The van der Waals surface area contributed by atoms with Gasteiger partial charge in [0.25, 0.3) is 10.0 Å². The Morgan fingerprint density at radius 3 is 2.26 bits per heavy atom. The molecule has 168 valence electrons. The summed E-state index contributed by atoms with van der Waals surface area (Å²) in [5.74, 6) is 0. The van der Waals surface area contributed by atoms with Crippen LogP contribution in [0.5, 0.6) is 0 Å². The molecule has 0 aliphatic heterocycles. The number of fused-ring (bicyclic) bond motifs is 2. The van der Waals surface area contributed by atoms with Crippen molar-refractivity contribution < 1.29 is 17.7 Å². The molecule has 10 heteroatoms. The zero-order valence-electron chi connectivity index (χ0n) is 18.4. The van der Waals surface area contributed by atoms with Gasteiger partial charge in [0.05, 0.1) is 26.8 Å². The molecule has 31 heavy (non-hydrogen) atoms. The molecule has 2 aromatic rings. The van der Waals surface area contributed by atoms with Crippen molar-refractivity contribution >= 4 is 21.7 Å². The first-order valence-corrected chi connectivity index (χ1v) is 11.9. The van der Waals surface area contributed by atoms with E-state index in [4.69, 9.17) is 0 Å². The number of hydroxylamine groups is 1. The predicted octanol–water partition coefficient (Wildman–Crippen LogP) is 2.32. The lowest BCUT2D eigenvalue weighted by Gasteiger charge is -2.27. The standard InChI is InChI=1S/C21H29N5O4S/c1-24-16(13-26(2,3)4)12-19(23-24)31(29,30)25(28)21(27)22-20-17-9-5-7-14(17)11-15-8-6-10-18(15)20/h11-12H,5-10,13H2,1-4H3,(H,22,27). The van der Waals surface area contributed by atoms with Gasteiger partial charge in [0.15, 0.2) is 5.03 Å². The fraction of sp³-hybridized carbons (Fsp3) is 0.524. The molecule has 4 rings (SSSR count). The van der Waals surface area contributed by atoms with Crippen LogP contribution in [0.2, 0.25) is 0 Å². The number of sulfonamides is 1. The van der Waals surface area contributed by atoms with Gasteiger partial charge in [-0.2, -0.15) is 13.5 Å². The molecule has 9 nitrogen and oxygen atoms in total. The predicted molar refractivity (Wildman–Crippen MR) is 117 cm³/mol. The summed E-state index contributed by atoms with van der Waals surface area (Å²) in [5.41, 5.74) is 5.72. The van der Waals surface area contributed by atoms with E-state index in [1.54, 1.807) is 7.05 Å². The van der Waals surface area contributed by atoms with E-state index in [1.807, 2.05) is 21.1 Å². The average molecular weight is 448 g/mol. The van der Waals surface area contributed by atoms with Crippen LogP contribution in [-0.4, -0.2) is 54.3 Å². The van der Waals surface area contributed by atoms with Crippen molar-refractivity contribution in [3.63, 3.8) is 0 Å². The van der Waals surface area contributed by atoms with Crippen LogP contribution in [0, 0.1) is 5.21 Å². The van der Waals surface area contributed by atoms with Crippen LogP contribution in [0.15, 0.2) is 17.2 Å².